The summed E-state index contributed by atoms with van der Waals surface area (Å²) in [4.78, 5) is 11.6. The Hall–Kier alpha value is -0.610. The Labute approximate surface area is 104 Å². The summed E-state index contributed by atoms with van der Waals surface area (Å²) in [5.41, 5.74) is 0. The monoisotopic (exact) mass is 243 g/mol. The highest BCUT2D eigenvalue weighted by Crippen LogP contribution is 2.21. The number of esters is 1. The van der Waals surface area contributed by atoms with E-state index in [-0.39, 0.29) is 12.0 Å². The molecule has 0 amide bonds. The summed E-state index contributed by atoms with van der Waals surface area (Å²) in [6.07, 6.45) is 6.01. The molecule has 1 aliphatic carbocycles. The molecule has 1 aliphatic rings. The largest absolute Gasteiger partial charge is 0.465 e. The van der Waals surface area contributed by atoms with E-state index in [1.807, 2.05) is 13.8 Å². The molecule has 1 atom stereocenters. The van der Waals surface area contributed by atoms with Crippen LogP contribution in [-0.4, -0.2) is 37.9 Å². The average Bonchev–Trinajstić information content (AvgIpc) is 2.81. The van der Waals surface area contributed by atoms with Gasteiger partial charge in [-0.2, -0.15) is 0 Å². The zero-order chi connectivity index (χ0) is 12.5. The van der Waals surface area contributed by atoms with Crippen LogP contribution in [0.15, 0.2) is 0 Å². The Kier molecular flexibility index (Phi) is 7.21. The maximum atomic E-state index is 11.6. The van der Waals surface area contributed by atoms with Crippen molar-refractivity contribution in [2.75, 3.05) is 19.8 Å². The summed E-state index contributed by atoms with van der Waals surface area (Å²) in [7, 11) is 0. The SMILES string of the molecule is CCNC(CCOC1CCCC1)C(=O)OCC. The van der Waals surface area contributed by atoms with Gasteiger partial charge in [0.2, 0.25) is 0 Å². The van der Waals surface area contributed by atoms with E-state index in [1.54, 1.807) is 0 Å². The van der Waals surface area contributed by atoms with Crippen molar-refractivity contribution in [3.05, 3.63) is 0 Å². The van der Waals surface area contributed by atoms with Gasteiger partial charge in [-0.1, -0.05) is 19.8 Å². The van der Waals surface area contributed by atoms with E-state index >= 15 is 0 Å². The number of likely N-dealkylation sites (N-methyl/N-ethyl adjacent to an activating group) is 1. The van der Waals surface area contributed by atoms with E-state index in [1.165, 1.54) is 25.7 Å². The lowest BCUT2D eigenvalue weighted by atomic mass is 10.2. The molecule has 1 fully saturated rings. The summed E-state index contributed by atoms with van der Waals surface area (Å²) in [5, 5.41) is 3.14. The van der Waals surface area contributed by atoms with Crippen molar-refractivity contribution in [2.45, 2.75) is 58.1 Å². The number of nitrogens with one attached hydrogen (secondary N) is 1. The van der Waals surface area contributed by atoms with Gasteiger partial charge in [-0.25, -0.2) is 0 Å². The fraction of sp³-hybridized carbons (Fsp3) is 0.923. The minimum atomic E-state index is -0.221. The lowest BCUT2D eigenvalue weighted by Crippen LogP contribution is -2.39. The summed E-state index contributed by atoms with van der Waals surface area (Å²) in [5.74, 6) is -0.163. The van der Waals surface area contributed by atoms with Crippen molar-refractivity contribution in [1.29, 1.82) is 0 Å². The standard InChI is InChI=1S/C13H25NO3/c1-3-14-12(13(15)16-4-2)9-10-17-11-7-5-6-8-11/h11-12,14H,3-10H2,1-2H3. The van der Waals surface area contributed by atoms with Crippen molar-refractivity contribution >= 4 is 5.97 Å². The van der Waals surface area contributed by atoms with E-state index in [0.29, 0.717) is 25.7 Å². The van der Waals surface area contributed by atoms with Gasteiger partial charge in [0.15, 0.2) is 0 Å². The quantitative estimate of drug-likeness (QED) is 0.661. The second-order valence-corrected chi connectivity index (χ2v) is 4.43. The highest BCUT2D eigenvalue weighted by Gasteiger charge is 2.20. The van der Waals surface area contributed by atoms with Crippen LogP contribution >= 0.6 is 0 Å². The highest BCUT2D eigenvalue weighted by atomic mass is 16.5. The lowest BCUT2D eigenvalue weighted by Gasteiger charge is -2.17. The maximum absolute atomic E-state index is 11.6. The van der Waals surface area contributed by atoms with Gasteiger partial charge in [0.25, 0.3) is 0 Å². The van der Waals surface area contributed by atoms with Gasteiger partial charge in [0, 0.05) is 6.61 Å². The van der Waals surface area contributed by atoms with E-state index in [9.17, 15) is 4.79 Å². The zero-order valence-corrected chi connectivity index (χ0v) is 11.0. The van der Waals surface area contributed by atoms with Crippen molar-refractivity contribution in [3.63, 3.8) is 0 Å². The summed E-state index contributed by atoms with van der Waals surface area (Å²) in [6.45, 7) is 5.66. The molecule has 0 bridgehead atoms. The first-order valence-electron chi connectivity index (χ1n) is 6.79. The van der Waals surface area contributed by atoms with Crippen LogP contribution in [0.1, 0.15) is 46.0 Å². The molecule has 0 aromatic carbocycles. The van der Waals surface area contributed by atoms with Gasteiger partial charge in [-0.15, -0.1) is 0 Å². The number of hydrogen-bond donors (Lipinski definition) is 1. The van der Waals surface area contributed by atoms with Gasteiger partial charge in [-0.3, -0.25) is 4.79 Å². The topological polar surface area (TPSA) is 47.6 Å². The molecular formula is C13H25NO3. The van der Waals surface area contributed by atoms with E-state index in [0.717, 1.165) is 6.54 Å². The molecule has 0 aromatic heterocycles. The van der Waals surface area contributed by atoms with Crippen LogP contribution in [0.5, 0.6) is 0 Å². The van der Waals surface area contributed by atoms with Crippen molar-refractivity contribution in [2.24, 2.45) is 0 Å². The molecule has 0 spiro atoms. The summed E-state index contributed by atoms with van der Waals surface area (Å²) in [6, 6.07) is -0.221. The fourth-order valence-corrected chi connectivity index (χ4v) is 2.20. The molecule has 4 heteroatoms. The van der Waals surface area contributed by atoms with Crippen LogP contribution in [0.4, 0.5) is 0 Å². The number of rotatable bonds is 8. The predicted octanol–water partition coefficient (Wildman–Crippen LogP) is 1.88. The summed E-state index contributed by atoms with van der Waals surface area (Å²) >= 11 is 0. The minimum Gasteiger partial charge on any atom is -0.465 e. The van der Waals surface area contributed by atoms with Crippen LogP contribution in [0, 0.1) is 0 Å². The molecule has 17 heavy (non-hydrogen) atoms. The van der Waals surface area contributed by atoms with Crippen molar-refractivity contribution in [3.8, 4) is 0 Å². The minimum absolute atomic E-state index is 0.163. The highest BCUT2D eigenvalue weighted by molar-refractivity contribution is 5.75. The molecule has 0 saturated heterocycles. The molecule has 0 aromatic rings. The van der Waals surface area contributed by atoms with E-state index < -0.39 is 0 Å². The first kappa shape index (κ1) is 14.5. The van der Waals surface area contributed by atoms with Crippen LogP contribution in [0.2, 0.25) is 0 Å². The molecule has 100 valence electrons. The Morgan fingerprint density at radius 3 is 2.65 bits per heavy atom. The van der Waals surface area contributed by atoms with Crippen LogP contribution in [-0.2, 0) is 14.3 Å². The van der Waals surface area contributed by atoms with E-state index in [4.69, 9.17) is 9.47 Å². The first-order valence-corrected chi connectivity index (χ1v) is 6.79. The number of hydrogen-bond acceptors (Lipinski definition) is 4. The normalized spacial score (nSPS) is 18.2. The number of carbonyl (C=O) groups is 1. The molecule has 1 unspecified atom stereocenters. The number of ether oxygens (including phenoxy) is 2. The smallest absolute Gasteiger partial charge is 0.323 e. The van der Waals surface area contributed by atoms with Gasteiger partial charge in [0.1, 0.15) is 6.04 Å². The molecule has 0 aliphatic heterocycles. The molecule has 4 nitrogen and oxygen atoms in total. The van der Waals surface area contributed by atoms with Crippen LogP contribution in [0.25, 0.3) is 0 Å². The molecule has 0 heterocycles. The van der Waals surface area contributed by atoms with Gasteiger partial charge in [-0.05, 0) is 32.7 Å². The van der Waals surface area contributed by atoms with Gasteiger partial charge in [0.05, 0.1) is 12.7 Å². The fourth-order valence-electron chi connectivity index (χ4n) is 2.20. The van der Waals surface area contributed by atoms with Crippen molar-refractivity contribution in [1.82, 2.24) is 5.32 Å². The zero-order valence-electron chi connectivity index (χ0n) is 11.0. The number of carbonyl (C=O) groups excluding carboxylic acids is 1. The first-order chi connectivity index (χ1) is 8.27. The van der Waals surface area contributed by atoms with Gasteiger partial charge >= 0.3 is 5.97 Å². The third-order valence-electron chi connectivity index (χ3n) is 3.08. The van der Waals surface area contributed by atoms with Crippen LogP contribution in [0.3, 0.4) is 0 Å². The summed E-state index contributed by atoms with van der Waals surface area (Å²) < 4.78 is 10.8. The third kappa shape index (κ3) is 5.50. The molecular weight excluding hydrogens is 218 g/mol. The predicted molar refractivity (Wildman–Crippen MR) is 66.9 cm³/mol. The Bertz CT molecular complexity index is 215. The van der Waals surface area contributed by atoms with E-state index in [2.05, 4.69) is 5.32 Å². The molecule has 1 rings (SSSR count). The Morgan fingerprint density at radius 2 is 2.06 bits per heavy atom. The second kappa shape index (κ2) is 8.48. The second-order valence-electron chi connectivity index (χ2n) is 4.43. The van der Waals surface area contributed by atoms with Crippen molar-refractivity contribution < 1.29 is 14.3 Å². The van der Waals surface area contributed by atoms with Crippen LogP contribution < -0.4 is 5.32 Å². The van der Waals surface area contributed by atoms with Gasteiger partial charge < -0.3 is 14.8 Å². The Morgan fingerprint density at radius 1 is 1.35 bits per heavy atom. The average molecular weight is 243 g/mol. The molecule has 0 radical (unpaired) electrons. The molecule has 1 saturated carbocycles. The third-order valence-corrected chi connectivity index (χ3v) is 3.08. The lowest BCUT2D eigenvalue weighted by molar-refractivity contribution is -0.146. The molecule has 1 N–H and O–H groups in total. The maximum Gasteiger partial charge on any atom is 0.323 e. The Balaban J connectivity index is 2.20.